The van der Waals surface area contributed by atoms with Crippen LogP contribution >= 0.6 is 11.8 Å². The van der Waals surface area contributed by atoms with E-state index in [1.54, 1.807) is 64.4 Å². The Balaban J connectivity index is 0.00000878. The van der Waals surface area contributed by atoms with Crippen molar-refractivity contribution in [2.75, 3.05) is 31.6 Å². The van der Waals surface area contributed by atoms with E-state index in [1.165, 1.54) is 56.8 Å². The first-order valence-electron chi connectivity index (χ1n) is 38.7. The van der Waals surface area contributed by atoms with Gasteiger partial charge in [0.1, 0.15) is 78.3 Å². The lowest BCUT2D eigenvalue weighted by Gasteiger charge is -2.32. The monoisotopic (exact) mass is 1680 g/mol. The van der Waals surface area contributed by atoms with Crippen LogP contribution in [-0.2, 0) is 99.1 Å². The quantitative estimate of drug-likeness (QED) is 0.0235. The molecule has 0 unspecified atom stereocenters. The second-order valence-corrected chi connectivity index (χ2v) is 30.6. The fourth-order valence-electron chi connectivity index (χ4n) is 12.3. The van der Waals surface area contributed by atoms with Crippen molar-refractivity contribution < 1.29 is 102 Å². The third-order valence-corrected chi connectivity index (χ3v) is 19.1. The summed E-state index contributed by atoms with van der Waals surface area (Å²) in [7, 11) is 0. The average Bonchev–Trinajstić information content (AvgIpc) is 1.66. The van der Waals surface area contributed by atoms with Crippen LogP contribution in [0.2, 0.25) is 0 Å². The summed E-state index contributed by atoms with van der Waals surface area (Å²) in [4.78, 5) is 243. The van der Waals surface area contributed by atoms with Gasteiger partial charge in [-0.2, -0.15) is 11.8 Å². The Hall–Kier alpha value is -11.5. The topological polar surface area (TPSA) is 687 Å². The van der Waals surface area contributed by atoms with E-state index in [-0.39, 0.29) is 101 Å². The number of hydrogen-bond donors (Lipinski definition) is 22. The van der Waals surface area contributed by atoms with Gasteiger partial charge < -0.3 is 123 Å². The molecule has 0 bridgehead atoms. The number of phenols is 1. The highest BCUT2D eigenvalue weighted by Gasteiger charge is 2.43. The number of likely N-dealkylation sites (tertiary alicyclic amines) is 1. The average molecular weight is 1680 g/mol. The number of unbranched alkanes of at least 4 members (excludes halogenated alkanes) is 1. The van der Waals surface area contributed by atoms with E-state index in [0.29, 0.717) is 34.9 Å². The molecule has 2 aromatic carbocycles. The minimum Gasteiger partial charge on any atom is -0.508 e. The van der Waals surface area contributed by atoms with Gasteiger partial charge >= 0.3 is 0 Å². The van der Waals surface area contributed by atoms with E-state index in [1.807, 2.05) is 0 Å². The Morgan fingerprint density at radius 2 is 1.02 bits per heavy atom. The number of para-hydroxylation sites is 1. The Bertz CT molecular complexity index is 3970. The predicted molar refractivity (Wildman–Crippen MR) is 432 cm³/mol. The zero-order valence-corrected chi connectivity index (χ0v) is 68.7. The molecular formula is C76H118N20O21S. The van der Waals surface area contributed by atoms with Crippen LogP contribution in [0.4, 0.5) is 0 Å². The summed E-state index contributed by atoms with van der Waals surface area (Å²) in [5.74, 6) is -16.3. The number of aliphatic hydroxyl groups excluding tert-OH is 1. The number of aliphatic hydroxyl groups is 1. The molecule has 4 rings (SSSR count). The van der Waals surface area contributed by atoms with Gasteiger partial charge in [0.25, 0.3) is 5.97 Å². The number of primary amides is 4. The largest absolute Gasteiger partial charge is 0.508 e. The molecule has 0 saturated carbocycles. The Labute approximate surface area is 687 Å². The maximum absolute atomic E-state index is 14.7. The maximum Gasteiger partial charge on any atom is 0.300 e. The fourth-order valence-corrected chi connectivity index (χ4v) is 12.8. The highest BCUT2D eigenvalue weighted by atomic mass is 32.2. The number of aromatic amines is 1. The first kappa shape index (κ1) is 101. The Kier molecular flexibility index (Phi) is 43.4. The van der Waals surface area contributed by atoms with Crippen molar-refractivity contribution in [2.24, 2.45) is 46.2 Å². The van der Waals surface area contributed by atoms with Crippen molar-refractivity contribution in [1.29, 1.82) is 0 Å². The number of nitrogens with two attached hydrogens (primary N) is 6. The zero-order valence-electron chi connectivity index (χ0n) is 67.9. The van der Waals surface area contributed by atoms with Crippen molar-refractivity contribution in [2.45, 2.75) is 236 Å². The van der Waals surface area contributed by atoms with Gasteiger partial charge in [-0.3, -0.25) is 86.3 Å². The summed E-state index contributed by atoms with van der Waals surface area (Å²) < 4.78 is 0. The van der Waals surface area contributed by atoms with Gasteiger partial charge in [0.05, 0.1) is 25.1 Å². The smallest absolute Gasteiger partial charge is 0.300 e. The number of carboxylic acid groups (broad SMARTS) is 1. The van der Waals surface area contributed by atoms with Crippen LogP contribution in [0.1, 0.15) is 150 Å². The predicted octanol–water partition coefficient (Wildman–Crippen LogP) is -5.20. The number of rotatable bonds is 50. The molecule has 1 aromatic heterocycles. The maximum atomic E-state index is 14.7. The zero-order chi connectivity index (χ0) is 88.8. The van der Waals surface area contributed by atoms with Gasteiger partial charge in [-0.05, 0) is 145 Å². The number of thioether (sulfide) groups is 1. The van der Waals surface area contributed by atoms with Gasteiger partial charge in [0.15, 0.2) is 0 Å². The summed E-state index contributed by atoms with van der Waals surface area (Å²) in [6.45, 7) is 11.3. The number of carboxylic acids is 1. The molecule has 3 aromatic rings. The number of phenolic OH excluding ortho intramolecular Hbond substituents is 1. The molecule has 28 N–H and O–H groups in total. The molecule has 654 valence electrons. The first-order valence-corrected chi connectivity index (χ1v) is 40.1. The van der Waals surface area contributed by atoms with Gasteiger partial charge in [-0.25, -0.2) is 0 Å². The van der Waals surface area contributed by atoms with Gasteiger partial charge in [-0.15, -0.1) is 0 Å². The number of hydrogen-bond acceptors (Lipinski definition) is 23. The van der Waals surface area contributed by atoms with Crippen molar-refractivity contribution in [3.05, 3.63) is 65.9 Å². The number of aliphatic carboxylic acids is 1. The minimum atomic E-state index is -1.73. The number of H-pyrrole nitrogens is 1. The van der Waals surface area contributed by atoms with E-state index in [2.05, 4.69) is 68.8 Å². The van der Waals surface area contributed by atoms with Crippen LogP contribution in [0.5, 0.6) is 5.75 Å². The van der Waals surface area contributed by atoms with Crippen LogP contribution in [0, 0.1) is 11.8 Å². The number of carbonyl (C=O) groups excluding carboxylic acids is 17. The van der Waals surface area contributed by atoms with Crippen LogP contribution < -0.4 is 98.2 Å². The fraction of sp³-hybridized carbons (Fsp3) is 0.579. The van der Waals surface area contributed by atoms with Crippen molar-refractivity contribution in [3.8, 4) is 5.75 Å². The summed E-state index contributed by atoms with van der Waals surface area (Å²) in [6.07, 6.45) is 0.366. The van der Waals surface area contributed by atoms with Gasteiger partial charge in [-0.1, -0.05) is 58.0 Å². The molecule has 1 saturated heterocycles. The summed E-state index contributed by atoms with van der Waals surface area (Å²) in [5.41, 5.74) is 34.7. The lowest BCUT2D eigenvalue weighted by molar-refractivity contribution is -0.144. The molecule has 118 heavy (non-hydrogen) atoms. The molecule has 14 atom stereocenters. The Morgan fingerprint density at radius 1 is 0.542 bits per heavy atom. The standard InChI is InChI=1S/C74H114N20O19S.C2H4O2/c1-37(2)30-52(69(108)87-49(16-11-12-27-75)66(105)82-36-60(100)83-39(5)63(102)85-48(62(80)101)22-24-57(77)97)91-71(110)54(32-42-18-20-44(96)21-19-42)92-70(109)53(31-38(3)4)90-68(107)51(26-29-114-8)86-64(103)40(6)84-67(106)50(23-25-58(78)98)88-73(112)56-17-13-28-94(56)74(113)61(41(7)95)93-72(111)55(89-65(104)46(76)34-59(79)99)33-43-35-81-47-15-10-9-14-45(43)47;1-2(3)4/h9-10,14-15,18-21,35,37-41,46,48-56,61,81,95-96H,11-13,16-17,22-34,36,75-76H2,1-8H3,(H2,77,97)(H2,78,98)(H2,79,99)(H2,80,101)(H,82,105)(H,83,100)(H,84,106)(H,85,102)(H,86,103)(H,87,108)(H,88,112)(H,89,104)(H,90,107)(H,91,110)(H,92,109)(H,93,111);1H3,(H,3,4)/t39-,40-,41+,46-,48-,49-,50-,51-,52-,53-,54-,55-,56-,61-;/m0./s1. The van der Waals surface area contributed by atoms with E-state index >= 15 is 0 Å². The summed E-state index contributed by atoms with van der Waals surface area (Å²) >= 11 is 1.31. The van der Waals surface area contributed by atoms with Gasteiger partial charge in [0.2, 0.25) is 100 Å². The van der Waals surface area contributed by atoms with E-state index in [4.69, 9.17) is 44.3 Å². The van der Waals surface area contributed by atoms with Crippen molar-refractivity contribution in [1.82, 2.24) is 73.7 Å². The van der Waals surface area contributed by atoms with Crippen LogP contribution in [-0.4, -0.2) is 248 Å². The number of amides is 17. The first-order chi connectivity index (χ1) is 55.5. The molecule has 2 heterocycles. The molecular weight excluding hydrogens is 1560 g/mol. The molecule has 0 spiro atoms. The van der Waals surface area contributed by atoms with E-state index < -0.39 is 217 Å². The number of nitrogens with zero attached hydrogens (tertiary/aromatic N) is 1. The second kappa shape index (κ2) is 50.8. The number of carbonyl (C=O) groups is 18. The SMILES string of the molecule is CC(=O)O.CSCC[C@H](NC(=O)[C@H](C)NC(=O)[C@H](CCC(N)=O)NC(=O)[C@@H]1CCCN1C(=O)[C@@H](NC(=O)[C@H](Cc1c[nH]c2ccccc12)NC(=O)[C@@H](N)CC(N)=O)[C@@H](C)O)C(=O)N[C@@H](CC(C)C)C(=O)N[C@@H](Cc1ccc(O)cc1)C(=O)N[C@@H](CC(C)C)C(=O)N[C@@H](CCCCN)C(=O)NCC(=O)N[C@@H](C)C(=O)N[C@@H](CCC(N)=O)C(N)=O. The number of benzene rings is 2. The van der Waals surface area contributed by atoms with Crippen LogP contribution in [0.15, 0.2) is 54.7 Å². The third kappa shape index (κ3) is 35.9. The van der Waals surface area contributed by atoms with Crippen molar-refractivity contribution >= 4 is 129 Å². The van der Waals surface area contributed by atoms with Crippen LogP contribution in [0.3, 0.4) is 0 Å². The summed E-state index contributed by atoms with van der Waals surface area (Å²) in [6, 6.07) is -5.76. The van der Waals surface area contributed by atoms with Crippen molar-refractivity contribution in [3.63, 3.8) is 0 Å². The van der Waals surface area contributed by atoms with E-state index in [9.17, 15) is 91.7 Å². The number of aromatic hydroxyl groups is 1. The highest BCUT2D eigenvalue weighted by Crippen LogP contribution is 2.23. The number of nitrogens with one attached hydrogen (secondary N) is 13. The third-order valence-electron chi connectivity index (χ3n) is 18.5. The molecule has 0 radical (unpaired) electrons. The molecule has 42 heteroatoms. The minimum absolute atomic E-state index is 0.0101. The van der Waals surface area contributed by atoms with E-state index in [0.717, 1.165) is 11.8 Å². The molecule has 17 amide bonds. The molecule has 0 aliphatic carbocycles. The molecule has 41 nitrogen and oxygen atoms in total. The number of aromatic nitrogens is 1. The molecule has 1 aliphatic rings. The molecule has 1 aliphatic heterocycles. The molecule has 1 fully saturated rings. The van der Waals surface area contributed by atoms with Crippen LogP contribution in [0.25, 0.3) is 10.9 Å². The van der Waals surface area contributed by atoms with Gasteiger partial charge in [0, 0.05) is 56.3 Å². The lowest BCUT2D eigenvalue weighted by atomic mass is 9.99. The Morgan fingerprint density at radius 3 is 1.56 bits per heavy atom. The lowest BCUT2D eigenvalue weighted by Crippen LogP contribution is -2.61. The highest BCUT2D eigenvalue weighted by molar-refractivity contribution is 7.98. The number of fused-ring (bicyclic) bond motifs is 1. The normalized spacial score (nSPS) is 15.7. The summed E-state index contributed by atoms with van der Waals surface area (Å²) in [5, 5.41) is 60.0. The second-order valence-electron chi connectivity index (χ2n) is 29.6.